The number of carbonyl (C=O) groups is 1. The molecule has 0 heterocycles. The summed E-state index contributed by atoms with van der Waals surface area (Å²) in [5.41, 5.74) is 1.40. The number of hydrogen-bond acceptors (Lipinski definition) is 4. The molecule has 1 aromatic rings. The summed E-state index contributed by atoms with van der Waals surface area (Å²) < 4.78 is 31.4. The standard InChI is InChI=1S/C12H16BrNO4S/c1-3-18-12(15)6-7-19(16,17)14-11-8-9(2)4-5-10(11)13/h4-5,8,14H,3,6-7H2,1-2H3. The van der Waals surface area contributed by atoms with Crippen LogP contribution in [0.4, 0.5) is 5.69 Å². The molecule has 7 heteroatoms. The van der Waals surface area contributed by atoms with E-state index in [1.807, 2.05) is 13.0 Å². The van der Waals surface area contributed by atoms with Crippen LogP contribution in [-0.4, -0.2) is 26.7 Å². The molecule has 106 valence electrons. The number of nitrogens with one attached hydrogen (secondary N) is 1. The molecule has 0 unspecified atom stereocenters. The summed E-state index contributed by atoms with van der Waals surface area (Å²) in [6.07, 6.45) is -0.160. The van der Waals surface area contributed by atoms with Crippen LogP contribution in [0.1, 0.15) is 18.9 Å². The van der Waals surface area contributed by atoms with Gasteiger partial charge in [-0.1, -0.05) is 6.07 Å². The van der Waals surface area contributed by atoms with Gasteiger partial charge in [0.15, 0.2) is 0 Å². The molecule has 0 atom stereocenters. The number of benzene rings is 1. The van der Waals surface area contributed by atoms with Crippen molar-refractivity contribution < 1.29 is 17.9 Å². The average Bonchev–Trinajstić information content (AvgIpc) is 2.32. The summed E-state index contributed by atoms with van der Waals surface area (Å²) in [5.74, 6) is -0.817. The summed E-state index contributed by atoms with van der Waals surface area (Å²) in [4.78, 5) is 11.1. The van der Waals surface area contributed by atoms with Gasteiger partial charge in [0.05, 0.1) is 24.5 Å². The van der Waals surface area contributed by atoms with Gasteiger partial charge in [-0.2, -0.15) is 0 Å². The minimum absolute atomic E-state index is 0.160. The lowest BCUT2D eigenvalue weighted by Crippen LogP contribution is -2.20. The first-order valence-electron chi connectivity index (χ1n) is 5.76. The van der Waals surface area contributed by atoms with E-state index in [2.05, 4.69) is 25.4 Å². The highest BCUT2D eigenvalue weighted by molar-refractivity contribution is 9.10. The zero-order valence-corrected chi connectivity index (χ0v) is 13.2. The maximum atomic E-state index is 11.8. The Balaban J connectivity index is 2.69. The van der Waals surface area contributed by atoms with Crippen LogP contribution in [0.15, 0.2) is 22.7 Å². The van der Waals surface area contributed by atoms with Crippen molar-refractivity contribution >= 4 is 37.6 Å². The van der Waals surface area contributed by atoms with E-state index in [4.69, 9.17) is 0 Å². The van der Waals surface area contributed by atoms with Gasteiger partial charge >= 0.3 is 5.97 Å². The predicted octanol–water partition coefficient (Wildman–Crippen LogP) is 2.45. The normalized spacial score (nSPS) is 11.1. The zero-order valence-electron chi connectivity index (χ0n) is 10.8. The number of ether oxygens (including phenoxy) is 1. The van der Waals surface area contributed by atoms with E-state index in [1.165, 1.54) is 0 Å². The quantitative estimate of drug-likeness (QED) is 0.800. The van der Waals surface area contributed by atoms with Crippen LogP contribution in [0.3, 0.4) is 0 Å². The van der Waals surface area contributed by atoms with Crippen molar-refractivity contribution in [2.24, 2.45) is 0 Å². The van der Waals surface area contributed by atoms with E-state index >= 15 is 0 Å². The molecule has 0 amide bonds. The number of halogens is 1. The Hall–Kier alpha value is -1.08. The highest BCUT2D eigenvalue weighted by atomic mass is 79.9. The second kappa shape index (κ2) is 6.91. The third-order valence-corrected chi connectivity index (χ3v) is 4.23. The molecule has 0 spiro atoms. The van der Waals surface area contributed by atoms with Crippen molar-refractivity contribution in [3.63, 3.8) is 0 Å². The van der Waals surface area contributed by atoms with Gasteiger partial charge in [0.2, 0.25) is 10.0 Å². The van der Waals surface area contributed by atoms with Crippen molar-refractivity contribution in [2.45, 2.75) is 20.3 Å². The second-order valence-electron chi connectivity index (χ2n) is 3.96. The van der Waals surface area contributed by atoms with Crippen molar-refractivity contribution in [2.75, 3.05) is 17.1 Å². The van der Waals surface area contributed by atoms with Gasteiger partial charge < -0.3 is 4.74 Å². The van der Waals surface area contributed by atoms with Gasteiger partial charge in [0.25, 0.3) is 0 Å². The van der Waals surface area contributed by atoms with Gasteiger partial charge in [-0.25, -0.2) is 8.42 Å². The molecule has 0 aromatic heterocycles. The largest absolute Gasteiger partial charge is 0.466 e. The summed E-state index contributed by atoms with van der Waals surface area (Å²) in [5, 5.41) is 0. The van der Waals surface area contributed by atoms with Crippen molar-refractivity contribution in [3.05, 3.63) is 28.2 Å². The molecule has 0 aliphatic heterocycles. The molecule has 1 N–H and O–H groups in total. The summed E-state index contributed by atoms with van der Waals surface area (Å²) in [6.45, 7) is 3.78. The highest BCUT2D eigenvalue weighted by Gasteiger charge is 2.15. The van der Waals surface area contributed by atoms with Gasteiger partial charge in [-0.3, -0.25) is 9.52 Å². The Morgan fingerprint density at radius 3 is 2.74 bits per heavy atom. The topological polar surface area (TPSA) is 72.5 Å². The maximum absolute atomic E-state index is 11.8. The molecule has 0 saturated carbocycles. The lowest BCUT2D eigenvalue weighted by Gasteiger charge is -2.10. The minimum atomic E-state index is -3.57. The Bertz CT molecular complexity index is 557. The van der Waals surface area contributed by atoms with E-state index in [0.29, 0.717) is 10.2 Å². The first-order valence-corrected chi connectivity index (χ1v) is 8.21. The number of anilines is 1. The molecular formula is C12H16BrNO4S. The van der Waals surface area contributed by atoms with Crippen LogP contribution in [-0.2, 0) is 19.6 Å². The minimum Gasteiger partial charge on any atom is -0.466 e. The smallest absolute Gasteiger partial charge is 0.306 e. The van der Waals surface area contributed by atoms with E-state index in [-0.39, 0.29) is 18.8 Å². The molecule has 19 heavy (non-hydrogen) atoms. The lowest BCUT2D eigenvalue weighted by molar-refractivity contribution is -0.142. The van der Waals surface area contributed by atoms with Crippen LogP contribution in [0, 0.1) is 6.92 Å². The molecule has 1 rings (SSSR count). The molecule has 0 aliphatic rings. The molecule has 0 saturated heterocycles. The SMILES string of the molecule is CCOC(=O)CCS(=O)(=O)Nc1cc(C)ccc1Br. The summed E-state index contributed by atoms with van der Waals surface area (Å²) in [6, 6.07) is 5.34. The van der Waals surface area contributed by atoms with Gasteiger partial charge in [0.1, 0.15) is 0 Å². The predicted molar refractivity (Wildman–Crippen MR) is 77.5 cm³/mol. The second-order valence-corrected chi connectivity index (χ2v) is 6.66. The van der Waals surface area contributed by atoms with Crippen LogP contribution in [0.2, 0.25) is 0 Å². The molecule has 5 nitrogen and oxygen atoms in total. The number of hydrogen-bond donors (Lipinski definition) is 1. The van der Waals surface area contributed by atoms with Crippen molar-refractivity contribution in [1.29, 1.82) is 0 Å². The monoisotopic (exact) mass is 349 g/mol. The van der Waals surface area contributed by atoms with Crippen molar-refractivity contribution in [1.82, 2.24) is 0 Å². The van der Waals surface area contributed by atoms with Crippen LogP contribution in [0.25, 0.3) is 0 Å². The molecule has 0 bridgehead atoms. The number of aryl methyl sites for hydroxylation is 1. The highest BCUT2D eigenvalue weighted by Crippen LogP contribution is 2.24. The molecule has 1 aromatic carbocycles. The maximum Gasteiger partial charge on any atom is 0.306 e. The van der Waals surface area contributed by atoms with E-state index < -0.39 is 16.0 Å². The first kappa shape index (κ1) is 16.0. The van der Waals surface area contributed by atoms with Crippen molar-refractivity contribution in [3.8, 4) is 0 Å². The average molecular weight is 350 g/mol. The Kier molecular flexibility index (Phi) is 5.81. The first-order chi connectivity index (χ1) is 8.84. The van der Waals surface area contributed by atoms with E-state index in [0.717, 1.165) is 5.56 Å². The van der Waals surface area contributed by atoms with E-state index in [9.17, 15) is 13.2 Å². The number of rotatable bonds is 6. The number of carbonyl (C=O) groups excluding carboxylic acids is 1. The third-order valence-electron chi connectivity index (χ3n) is 2.27. The molecule has 0 radical (unpaired) electrons. The Labute approximate surface area is 121 Å². The fourth-order valence-electron chi connectivity index (χ4n) is 1.39. The zero-order chi connectivity index (χ0) is 14.5. The van der Waals surface area contributed by atoms with Gasteiger partial charge in [-0.15, -0.1) is 0 Å². The third kappa shape index (κ3) is 5.61. The number of esters is 1. The van der Waals surface area contributed by atoms with E-state index in [1.54, 1.807) is 19.1 Å². The molecular weight excluding hydrogens is 334 g/mol. The van der Waals surface area contributed by atoms with Gasteiger partial charge in [0, 0.05) is 4.47 Å². The summed E-state index contributed by atoms with van der Waals surface area (Å²) >= 11 is 3.27. The lowest BCUT2D eigenvalue weighted by atomic mass is 10.2. The fraction of sp³-hybridized carbons (Fsp3) is 0.417. The molecule has 0 aliphatic carbocycles. The van der Waals surface area contributed by atoms with Crippen LogP contribution >= 0.6 is 15.9 Å². The number of sulfonamides is 1. The summed E-state index contributed by atoms with van der Waals surface area (Å²) in [7, 11) is -3.57. The van der Waals surface area contributed by atoms with Gasteiger partial charge in [-0.05, 0) is 47.5 Å². The molecule has 0 fully saturated rings. The van der Waals surface area contributed by atoms with Crippen LogP contribution < -0.4 is 4.72 Å². The Morgan fingerprint density at radius 2 is 2.11 bits per heavy atom. The Morgan fingerprint density at radius 1 is 1.42 bits per heavy atom. The van der Waals surface area contributed by atoms with Crippen LogP contribution in [0.5, 0.6) is 0 Å². The fourth-order valence-corrected chi connectivity index (χ4v) is 2.91.